The van der Waals surface area contributed by atoms with Crippen LogP contribution in [0.4, 0.5) is 5.69 Å². The van der Waals surface area contributed by atoms with Crippen molar-refractivity contribution in [2.45, 2.75) is 19.9 Å². The maximum atomic E-state index is 12.1. The highest BCUT2D eigenvalue weighted by Gasteiger charge is 2.15. The van der Waals surface area contributed by atoms with Crippen LogP contribution in [-0.4, -0.2) is 32.8 Å². The first kappa shape index (κ1) is 21.8. The number of hydrogen-bond donors (Lipinski definition) is 2. The molecule has 0 aliphatic rings. The Bertz CT molecular complexity index is 946. The number of nitriles is 1. The summed E-state index contributed by atoms with van der Waals surface area (Å²) in [5.74, 6) is 1.33. The Labute approximate surface area is 170 Å². The zero-order valence-corrected chi connectivity index (χ0v) is 17.0. The lowest BCUT2D eigenvalue weighted by molar-refractivity contribution is -0.117. The van der Waals surface area contributed by atoms with Crippen molar-refractivity contribution in [1.29, 1.82) is 5.26 Å². The minimum absolute atomic E-state index is 0.339. The predicted molar refractivity (Wildman–Crippen MR) is 112 cm³/mol. The molecule has 3 N–H and O–H groups in total. The molecule has 7 nitrogen and oxygen atoms in total. The summed E-state index contributed by atoms with van der Waals surface area (Å²) < 4.78 is 16.3. The monoisotopic (exact) mass is 395 g/mol. The number of carbonyl (C=O) groups excluding carboxylic acids is 1. The molecule has 0 fully saturated rings. The second kappa shape index (κ2) is 10.2. The van der Waals surface area contributed by atoms with E-state index < -0.39 is 6.04 Å². The molecule has 0 aliphatic heterocycles. The standard InChI is InChI=1S/C22H25N3O4/c1-5-29-21-13-16(7-9-20(21)28-4)17(10-11-23)15-6-8-19(27-3)18(12-15)25-22(26)14(2)24/h6-10,12-14H,5,24H2,1-4H3,(H,25,26)/t14-/m0/s1. The van der Waals surface area contributed by atoms with Gasteiger partial charge in [-0.25, -0.2) is 0 Å². The van der Waals surface area contributed by atoms with Crippen LogP contribution in [0, 0.1) is 11.3 Å². The first-order valence-electron chi connectivity index (χ1n) is 9.11. The number of ether oxygens (including phenoxy) is 3. The Morgan fingerprint density at radius 3 is 2.31 bits per heavy atom. The first-order valence-corrected chi connectivity index (χ1v) is 9.11. The van der Waals surface area contributed by atoms with Crippen LogP contribution in [0.1, 0.15) is 25.0 Å². The third-order valence-electron chi connectivity index (χ3n) is 4.17. The summed E-state index contributed by atoms with van der Waals surface area (Å²) >= 11 is 0. The average Bonchev–Trinajstić information content (AvgIpc) is 2.72. The van der Waals surface area contributed by atoms with E-state index in [1.807, 2.05) is 25.1 Å². The molecule has 2 aromatic carbocycles. The number of anilines is 1. The molecule has 152 valence electrons. The third-order valence-corrected chi connectivity index (χ3v) is 4.17. The average molecular weight is 395 g/mol. The lowest BCUT2D eigenvalue weighted by Crippen LogP contribution is -2.32. The molecule has 0 radical (unpaired) electrons. The van der Waals surface area contributed by atoms with Crippen molar-refractivity contribution in [2.75, 3.05) is 26.1 Å². The molecule has 0 saturated carbocycles. The molecule has 29 heavy (non-hydrogen) atoms. The van der Waals surface area contributed by atoms with Gasteiger partial charge in [-0.3, -0.25) is 4.79 Å². The van der Waals surface area contributed by atoms with E-state index in [4.69, 9.17) is 19.9 Å². The number of nitrogens with zero attached hydrogens (tertiary/aromatic N) is 1. The van der Waals surface area contributed by atoms with Crippen molar-refractivity contribution in [3.8, 4) is 23.3 Å². The highest BCUT2D eigenvalue weighted by Crippen LogP contribution is 2.35. The first-order chi connectivity index (χ1) is 13.9. The lowest BCUT2D eigenvalue weighted by Gasteiger charge is -2.16. The summed E-state index contributed by atoms with van der Waals surface area (Å²) in [6.45, 7) is 3.96. The van der Waals surface area contributed by atoms with Crippen LogP contribution in [0.15, 0.2) is 42.5 Å². The zero-order valence-electron chi connectivity index (χ0n) is 17.0. The van der Waals surface area contributed by atoms with E-state index in [-0.39, 0.29) is 5.91 Å². The molecule has 1 atom stereocenters. The molecule has 0 unspecified atom stereocenters. The van der Waals surface area contributed by atoms with Gasteiger partial charge in [0.25, 0.3) is 0 Å². The predicted octanol–water partition coefficient (Wildman–Crippen LogP) is 3.34. The minimum atomic E-state index is -0.673. The van der Waals surface area contributed by atoms with Crippen LogP contribution >= 0.6 is 0 Å². The van der Waals surface area contributed by atoms with Crippen LogP contribution < -0.4 is 25.3 Å². The van der Waals surface area contributed by atoms with Crippen molar-refractivity contribution in [2.24, 2.45) is 5.73 Å². The van der Waals surface area contributed by atoms with E-state index in [9.17, 15) is 10.1 Å². The zero-order chi connectivity index (χ0) is 21.4. The second-order valence-corrected chi connectivity index (χ2v) is 6.18. The summed E-state index contributed by atoms with van der Waals surface area (Å²) in [6, 6.07) is 12.1. The van der Waals surface area contributed by atoms with E-state index >= 15 is 0 Å². The Hall–Kier alpha value is -3.50. The Morgan fingerprint density at radius 1 is 1.14 bits per heavy atom. The van der Waals surface area contributed by atoms with Gasteiger partial charge in [0.15, 0.2) is 11.5 Å². The quantitative estimate of drug-likeness (QED) is 0.664. The SMILES string of the molecule is CCOc1cc(C(=CC#N)c2ccc(OC)c(NC(=O)[C@H](C)N)c2)ccc1OC. The second-order valence-electron chi connectivity index (χ2n) is 6.18. The number of rotatable bonds is 8. The summed E-state index contributed by atoms with van der Waals surface area (Å²) in [5.41, 5.74) is 8.27. The number of nitrogens with one attached hydrogen (secondary N) is 1. The van der Waals surface area contributed by atoms with Crippen molar-refractivity contribution in [3.63, 3.8) is 0 Å². The van der Waals surface area contributed by atoms with Gasteiger partial charge in [0, 0.05) is 6.08 Å². The van der Waals surface area contributed by atoms with Crippen LogP contribution in [0.2, 0.25) is 0 Å². The third kappa shape index (κ3) is 5.27. The van der Waals surface area contributed by atoms with Crippen molar-refractivity contribution >= 4 is 17.2 Å². The highest BCUT2D eigenvalue weighted by atomic mass is 16.5. The van der Waals surface area contributed by atoms with E-state index in [1.54, 1.807) is 32.2 Å². The fourth-order valence-corrected chi connectivity index (χ4v) is 2.73. The van der Waals surface area contributed by atoms with Crippen LogP contribution in [0.25, 0.3) is 5.57 Å². The summed E-state index contributed by atoms with van der Waals surface area (Å²) in [6.07, 6.45) is 1.44. The molecule has 0 saturated heterocycles. The van der Waals surface area contributed by atoms with E-state index in [2.05, 4.69) is 11.4 Å². The molecule has 0 spiro atoms. The van der Waals surface area contributed by atoms with Crippen LogP contribution in [-0.2, 0) is 4.79 Å². The smallest absolute Gasteiger partial charge is 0.241 e. The van der Waals surface area contributed by atoms with Crippen molar-refractivity contribution in [3.05, 3.63) is 53.6 Å². The fraction of sp³-hybridized carbons (Fsp3) is 0.273. The molecular formula is C22H25N3O4. The largest absolute Gasteiger partial charge is 0.495 e. The van der Waals surface area contributed by atoms with Gasteiger partial charge in [0.05, 0.1) is 38.6 Å². The van der Waals surface area contributed by atoms with E-state index in [0.717, 1.165) is 11.1 Å². The van der Waals surface area contributed by atoms with Gasteiger partial charge in [-0.15, -0.1) is 0 Å². The molecule has 0 bridgehead atoms. The summed E-state index contributed by atoms with van der Waals surface area (Å²) in [5, 5.41) is 12.1. The molecule has 7 heteroatoms. The maximum absolute atomic E-state index is 12.1. The van der Waals surface area contributed by atoms with Gasteiger partial charge in [-0.05, 0) is 54.8 Å². The van der Waals surface area contributed by atoms with Crippen LogP contribution in [0.5, 0.6) is 17.2 Å². The van der Waals surface area contributed by atoms with Gasteiger partial charge in [0.1, 0.15) is 5.75 Å². The molecule has 0 heterocycles. The van der Waals surface area contributed by atoms with Gasteiger partial charge in [-0.1, -0.05) is 12.1 Å². The Morgan fingerprint density at radius 2 is 1.76 bits per heavy atom. The topological polar surface area (TPSA) is 107 Å². The number of hydrogen-bond acceptors (Lipinski definition) is 6. The van der Waals surface area contributed by atoms with Crippen LogP contribution in [0.3, 0.4) is 0 Å². The van der Waals surface area contributed by atoms with Gasteiger partial charge in [-0.2, -0.15) is 5.26 Å². The molecular weight excluding hydrogens is 370 g/mol. The summed E-state index contributed by atoms with van der Waals surface area (Å²) in [4.78, 5) is 12.1. The molecule has 1 amide bonds. The number of nitrogens with two attached hydrogens (primary N) is 1. The number of amides is 1. The van der Waals surface area contributed by atoms with Crippen molar-refractivity contribution < 1.29 is 19.0 Å². The fourth-order valence-electron chi connectivity index (χ4n) is 2.73. The number of benzene rings is 2. The highest BCUT2D eigenvalue weighted by molar-refractivity contribution is 5.96. The normalized spacial score (nSPS) is 11.9. The van der Waals surface area contributed by atoms with Gasteiger partial charge < -0.3 is 25.3 Å². The Kier molecular flexibility index (Phi) is 7.63. The lowest BCUT2D eigenvalue weighted by atomic mass is 9.96. The molecule has 2 rings (SSSR count). The van der Waals surface area contributed by atoms with Crippen molar-refractivity contribution in [1.82, 2.24) is 0 Å². The molecule has 0 aromatic heterocycles. The number of carbonyl (C=O) groups is 1. The molecule has 0 aliphatic carbocycles. The van der Waals surface area contributed by atoms with E-state index in [0.29, 0.717) is 35.1 Å². The number of allylic oxidation sites excluding steroid dienone is 1. The van der Waals surface area contributed by atoms with Gasteiger partial charge in [0.2, 0.25) is 5.91 Å². The molecule has 2 aromatic rings. The number of methoxy groups -OCH3 is 2. The Balaban J connectivity index is 2.54. The van der Waals surface area contributed by atoms with E-state index in [1.165, 1.54) is 13.2 Å². The van der Waals surface area contributed by atoms with Gasteiger partial charge >= 0.3 is 0 Å². The minimum Gasteiger partial charge on any atom is -0.495 e. The summed E-state index contributed by atoms with van der Waals surface area (Å²) in [7, 11) is 3.08. The maximum Gasteiger partial charge on any atom is 0.241 e.